The van der Waals surface area contributed by atoms with Crippen LogP contribution in [0, 0.1) is 0 Å². The Kier molecular flexibility index (Phi) is 4.12. The minimum absolute atomic E-state index is 0.00572. The Morgan fingerprint density at radius 2 is 1.72 bits per heavy atom. The second-order valence-electron chi connectivity index (χ2n) is 5.24. The molecule has 3 heteroatoms. The molecule has 1 aliphatic rings. The molecule has 0 amide bonds. The minimum atomic E-state index is 0.00572. The van der Waals surface area contributed by atoms with E-state index in [1.165, 1.54) is 24.0 Å². The van der Waals surface area contributed by atoms with Crippen molar-refractivity contribution in [3.8, 4) is 11.5 Å². The van der Waals surface area contributed by atoms with E-state index >= 15 is 0 Å². The summed E-state index contributed by atoms with van der Waals surface area (Å²) < 4.78 is 0. The molecule has 0 spiro atoms. The maximum Gasteiger partial charge on any atom is 0.157 e. The largest absolute Gasteiger partial charge is 0.504 e. The third-order valence-corrected chi connectivity index (χ3v) is 3.70. The average molecular weight is 249 g/mol. The molecule has 18 heavy (non-hydrogen) atoms. The van der Waals surface area contributed by atoms with E-state index < -0.39 is 0 Å². The Morgan fingerprint density at radius 3 is 2.33 bits per heavy atom. The van der Waals surface area contributed by atoms with Gasteiger partial charge < -0.3 is 15.1 Å². The van der Waals surface area contributed by atoms with Gasteiger partial charge in [0.25, 0.3) is 0 Å². The van der Waals surface area contributed by atoms with Crippen molar-refractivity contribution in [2.45, 2.75) is 39.0 Å². The lowest BCUT2D eigenvalue weighted by molar-refractivity contribution is 0.248. The number of phenols is 2. The first-order valence-corrected chi connectivity index (χ1v) is 6.92. The molecule has 1 unspecified atom stereocenters. The third-order valence-electron chi connectivity index (χ3n) is 3.70. The number of hydrogen-bond acceptors (Lipinski definition) is 3. The Morgan fingerprint density at radius 1 is 1.11 bits per heavy atom. The van der Waals surface area contributed by atoms with Crippen LogP contribution in [0.2, 0.25) is 0 Å². The highest BCUT2D eigenvalue weighted by molar-refractivity contribution is 5.51. The van der Waals surface area contributed by atoms with E-state index in [4.69, 9.17) is 0 Å². The summed E-state index contributed by atoms with van der Waals surface area (Å²) in [5, 5.41) is 19.0. The van der Waals surface area contributed by atoms with Crippen molar-refractivity contribution in [1.82, 2.24) is 4.90 Å². The highest BCUT2D eigenvalue weighted by Crippen LogP contribution is 2.41. The predicted octanol–water partition coefficient (Wildman–Crippen LogP) is 2.86. The molecule has 0 heterocycles. The van der Waals surface area contributed by atoms with Gasteiger partial charge in [-0.3, -0.25) is 0 Å². The first-order chi connectivity index (χ1) is 8.65. The molecule has 1 aromatic rings. The van der Waals surface area contributed by atoms with Crippen LogP contribution < -0.4 is 0 Å². The van der Waals surface area contributed by atoms with Crippen LogP contribution in [0.15, 0.2) is 12.1 Å². The highest BCUT2D eigenvalue weighted by Gasteiger charge is 2.29. The maximum atomic E-state index is 9.55. The Labute approximate surface area is 109 Å². The summed E-state index contributed by atoms with van der Waals surface area (Å²) in [6.45, 7) is 7.77. The summed E-state index contributed by atoms with van der Waals surface area (Å²) >= 11 is 0. The molecule has 1 atom stereocenters. The zero-order valence-corrected chi connectivity index (χ0v) is 11.3. The van der Waals surface area contributed by atoms with Gasteiger partial charge in [-0.05, 0) is 55.6 Å². The molecule has 0 radical (unpaired) electrons. The predicted molar refractivity (Wildman–Crippen MR) is 73.2 cm³/mol. The molecule has 100 valence electrons. The number of benzene rings is 1. The number of phenolic OH excluding ortho intramolecular Hbond substituents is 2. The fourth-order valence-corrected chi connectivity index (χ4v) is 2.84. The van der Waals surface area contributed by atoms with E-state index in [2.05, 4.69) is 18.7 Å². The monoisotopic (exact) mass is 249 g/mol. The Balaban J connectivity index is 2.01. The molecule has 1 aliphatic carbocycles. The summed E-state index contributed by atoms with van der Waals surface area (Å²) in [5.74, 6) is 0.534. The van der Waals surface area contributed by atoms with E-state index in [0.717, 1.165) is 26.1 Å². The fraction of sp³-hybridized carbons (Fsp3) is 0.600. The molecule has 0 saturated carbocycles. The molecule has 2 N–H and O–H groups in total. The van der Waals surface area contributed by atoms with Gasteiger partial charge >= 0.3 is 0 Å². The van der Waals surface area contributed by atoms with Crippen molar-refractivity contribution < 1.29 is 10.2 Å². The van der Waals surface area contributed by atoms with Crippen LogP contribution in [0.1, 0.15) is 43.7 Å². The summed E-state index contributed by atoms with van der Waals surface area (Å²) in [6, 6.07) is 3.43. The van der Waals surface area contributed by atoms with E-state index in [1.807, 2.05) is 0 Å². The van der Waals surface area contributed by atoms with E-state index in [1.54, 1.807) is 12.1 Å². The Hall–Kier alpha value is -1.22. The van der Waals surface area contributed by atoms with Crippen molar-refractivity contribution in [3.63, 3.8) is 0 Å². The fourth-order valence-electron chi connectivity index (χ4n) is 2.84. The maximum absolute atomic E-state index is 9.55. The molecule has 0 saturated heterocycles. The van der Waals surface area contributed by atoms with Gasteiger partial charge in [0.2, 0.25) is 0 Å². The number of nitrogens with zero attached hydrogens (tertiary/aromatic N) is 1. The van der Waals surface area contributed by atoms with E-state index in [-0.39, 0.29) is 11.5 Å². The van der Waals surface area contributed by atoms with E-state index in [9.17, 15) is 10.2 Å². The van der Waals surface area contributed by atoms with Crippen LogP contribution in [0.4, 0.5) is 0 Å². The normalized spacial score (nSPS) is 17.6. The first-order valence-electron chi connectivity index (χ1n) is 6.92. The van der Waals surface area contributed by atoms with Gasteiger partial charge in [0.05, 0.1) is 0 Å². The molecule has 0 aromatic heterocycles. The number of rotatable bonds is 6. The van der Waals surface area contributed by atoms with Crippen molar-refractivity contribution >= 4 is 0 Å². The summed E-state index contributed by atoms with van der Waals surface area (Å²) in [6.07, 6.45) is 3.38. The van der Waals surface area contributed by atoms with Crippen LogP contribution in [0.25, 0.3) is 0 Å². The molecule has 0 bridgehead atoms. The molecular formula is C15H23NO2. The lowest BCUT2D eigenvalue weighted by Crippen LogP contribution is -2.34. The summed E-state index contributed by atoms with van der Waals surface area (Å²) in [4.78, 5) is 2.50. The van der Waals surface area contributed by atoms with Crippen LogP contribution in [-0.2, 0) is 6.42 Å². The smallest absolute Gasteiger partial charge is 0.157 e. The number of aromatic hydroxyl groups is 2. The number of hydrogen-bond donors (Lipinski definition) is 2. The van der Waals surface area contributed by atoms with Gasteiger partial charge in [-0.15, -0.1) is 0 Å². The lowest BCUT2D eigenvalue weighted by atomic mass is 9.77. The van der Waals surface area contributed by atoms with Gasteiger partial charge in [0.1, 0.15) is 0 Å². The summed E-state index contributed by atoms with van der Waals surface area (Å²) in [5.41, 5.74) is 2.39. The van der Waals surface area contributed by atoms with Gasteiger partial charge in [0.15, 0.2) is 11.5 Å². The second-order valence-corrected chi connectivity index (χ2v) is 5.24. The quantitative estimate of drug-likeness (QED) is 0.762. The second kappa shape index (κ2) is 5.61. The summed E-state index contributed by atoms with van der Waals surface area (Å²) in [7, 11) is 0. The zero-order chi connectivity index (χ0) is 13.1. The SMILES string of the molecule is CCCN(CCC)CC1Cc2cc(O)c(O)cc21. The molecule has 3 nitrogen and oxygen atoms in total. The zero-order valence-electron chi connectivity index (χ0n) is 11.3. The van der Waals surface area contributed by atoms with Gasteiger partial charge in [0, 0.05) is 12.5 Å². The van der Waals surface area contributed by atoms with Gasteiger partial charge in [-0.1, -0.05) is 13.8 Å². The van der Waals surface area contributed by atoms with Crippen LogP contribution in [0.3, 0.4) is 0 Å². The molecule has 2 rings (SSSR count). The van der Waals surface area contributed by atoms with Crippen molar-refractivity contribution in [1.29, 1.82) is 0 Å². The standard InChI is InChI=1S/C15H23NO2/c1-3-5-16(6-4-2)10-12-7-11-8-14(17)15(18)9-13(11)12/h8-9,12,17-18H,3-7,10H2,1-2H3. The number of fused-ring (bicyclic) bond motifs is 1. The lowest BCUT2D eigenvalue weighted by Gasteiger charge is -2.35. The van der Waals surface area contributed by atoms with Crippen LogP contribution in [-0.4, -0.2) is 34.7 Å². The highest BCUT2D eigenvalue weighted by atomic mass is 16.3. The van der Waals surface area contributed by atoms with Gasteiger partial charge in [-0.25, -0.2) is 0 Å². The molecular weight excluding hydrogens is 226 g/mol. The minimum Gasteiger partial charge on any atom is -0.504 e. The molecule has 1 aromatic carbocycles. The topological polar surface area (TPSA) is 43.7 Å². The Bertz CT molecular complexity index is 411. The van der Waals surface area contributed by atoms with Crippen molar-refractivity contribution in [3.05, 3.63) is 23.3 Å². The third kappa shape index (κ3) is 2.61. The molecule has 0 aliphatic heterocycles. The van der Waals surface area contributed by atoms with Crippen molar-refractivity contribution in [2.75, 3.05) is 19.6 Å². The van der Waals surface area contributed by atoms with Crippen LogP contribution >= 0.6 is 0 Å². The average Bonchev–Trinajstić information content (AvgIpc) is 2.33. The van der Waals surface area contributed by atoms with Gasteiger partial charge in [-0.2, -0.15) is 0 Å². The van der Waals surface area contributed by atoms with Crippen molar-refractivity contribution in [2.24, 2.45) is 0 Å². The van der Waals surface area contributed by atoms with E-state index in [0.29, 0.717) is 5.92 Å². The molecule has 0 fully saturated rings. The van der Waals surface area contributed by atoms with Crippen LogP contribution in [0.5, 0.6) is 11.5 Å². The first kappa shape index (κ1) is 13.2.